The van der Waals surface area contributed by atoms with Gasteiger partial charge in [0.05, 0.1) is 0 Å². The fraction of sp³-hybridized carbons (Fsp3) is 0. The van der Waals surface area contributed by atoms with Crippen molar-refractivity contribution in [3.05, 3.63) is 48.8 Å². The van der Waals surface area contributed by atoms with E-state index in [1.807, 2.05) is 18.2 Å². The Morgan fingerprint density at radius 1 is 1.00 bits per heavy atom. The number of hydrogen-bond donors (Lipinski definition) is 1. The molecule has 0 bridgehead atoms. The van der Waals surface area contributed by atoms with Crippen molar-refractivity contribution in [2.75, 3.05) is 5.73 Å². The molecule has 14 heavy (non-hydrogen) atoms. The number of hydrogen-bond acceptors (Lipinski definition) is 3. The van der Waals surface area contributed by atoms with E-state index >= 15 is 0 Å². The molecule has 2 N–H and O–H groups in total. The van der Waals surface area contributed by atoms with Crippen LogP contribution in [0.5, 0.6) is 11.5 Å². The van der Waals surface area contributed by atoms with E-state index in [0.717, 1.165) is 11.5 Å². The smallest absolute Gasteiger partial charge is 0.130 e. The number of anilines is 1. The van der Waals surface area contributed by atoms with Crippen molar-refractivity contribution in [3.63, 3.8) is 0 Å². The second kappa shape index (κ2) is 3.79. The molecule has 0 aliphatic heterocycles. The maximum absolute atomic E-state index is 5.62. The lowest BCUT2D eigenvalue weighted by molar-refractivity contribution is 0.482. The van der Waals surface area contributed by atoms with Crippen molar-refractivity contribution in [3.8, 4) is 11.5 Å². The van der Waals surface area contributed by atoms with Crippen molar-refractivity contribution in [2.24, 2.45) is 0 Å². The summed E-state index contributed by atoms with van der Waals surface area (Å²) in [5.74, 6) is 1.49. The van der Waals surface area contributed by atoms with E-state index in [1.165, 1.54) is 0 Å². The summed E-state index contributed by atoms with van der Waals surface area (Å²) in [5.41, 5.74) is 6.31. The van der Waals surface area contributed by atoms with E-state index in [0.29, 0.717) is 5.69 Å². The molecule has 1 aromatic heterocycles. The molecule has 0 aliphatic carbocycles. The van der Waals surface area contributed by atoms with Gasteiger partial charge >= 0.3 is 0 Å². The van der Waals surface area contributed by atoms with Gasteiger partial charge in [-0.1, -0.05) is 6.07 Å². The Morgan fingerprint density at radius 3 is 2.50 bits per heavy atom. The van der Waals surface area contributed by atoms with Crippen LogP contribution in [0.25, 0.3) is 0 Å². The molecular weight excluding hydrogens is 176 g/mol. The van der Waals surface area contributed by atoms with Gasteiger partial charge in [-0.15, -0.1) is 0 Å². The number of ether oxygens (including phenoxy) is 1. The lowest BCUT2D eigenvalue weighted by atomic mass is 10.3. The number of rotatable bonds is 2. The average molecular weight is 186 g/mol. The van der Waals surface area contributed by atoms with Crippen molar-refractivity contribution < 1.29 is 4.74 Å². The van der Waals surface area contributed by atoms with E-state index < -0.39 is 0 Å². The average Bonchev–Trinajstić information content (AvgIpc) is 2.19. The maximum Gasteiger partial charge on any atom is 0.130 e. The SMILES string of the molecule is Nc1cccc(Oc2ccncc2)c1. The maximum atomic E-state index is 5.62. The molecule has 1 heterocycles. The molecule has 2 aromatic rings. The fourth-order valence-electron chi connectivity index (χ4n) is 1.12. The Balaban J connectivity index is 2.19. The van der Waals surface area contributed by atoms with E-state index in [1.54, 1.807) is 30.6 Å². The quantitative estimate of drug-likeness (QED) is 0.733. The standard InChI is InChI=1S/C11H10N2O/c12-9-2-1-3-11(8-9)14-10-4-6-13-7-5-10/h1-8H,12H2. The van der Waals surface area contributed by atoms with E-state index in [2.05, 4.69) is 4.98 Å². The van der Waals surface area contributed by atoms with Crippen molar-refractivity contribution in [1.82, 2.24) is 4.98 Å². The van der Waals surface area contributed by atoms with Crippen LogP contribution < -0.4 is 10.5 Å². The molecule has 0 spiro atoms. The van der Waals surface area contributed by atoms with Gasteiger partial charge in [-0.2, -0.15) is 0 Å². The van der Waals surface area contributed by atoms with Crippen LogP contribution in [-0.4, -0.2) is 4.98 Å². The van der Waals surface area contributed by atoms with Gasteiger partial charge in [0.2, 0.25) is 0 Å². The van der Waals surface area contributed by atoms with Crippen molar-refractivity contribution >= 4 is 5.69 Å². The summed E-state index contributed by atoms with van der Waals surface area (Å²) in [6.07, 6.45) is 3.36. The Labute approximate surface area is 82.2 Å². The van der Waals surface area contributed by atoms with Crippen LogP contribution in [-0.2, 0) is 0 Å². The summed E-state index contributed by atoms with van der Waals surface area (Å²) in [6.45, 7) is 0. The van der Waals surface area contributed by atoms with Crippen LogP contribution in [0.3, 0.4) is 0 Å². The number of nitrogens with zero attached hydrogens (tertiary/aromatic N) is 1. The summed E-state index contributed by atoms with van der Waals surface area (Å²) in [7, 11) is 0. The van der Waals surface area contributed by atoms with Crippen LogP contribution in [0.15, 0.2) is 48.8 Å². The molecule has 0 saturated carbocycles. The zero-order chi connectivity index (χ0) is 9.80. The Kier molecular flexibility index (Phi) is 2.32. The highest BCUT2D eigenvalue weighted by Crippen LogP contribution is 2.21. The minimum absolute atomic E-state index is 0.691. The Morgan fingerprint density at radius 2 is 1.79 bits per heavy atom. The summed E-state index contributed by atoms with van der Waals surface area (Å²) in [6, 6.07) is 10.9. The predicted molar refractivity (Wildman–Crippen MR) is 55.2 cm³/mol. The lowest BCUT2D eigenvalue weighted by Gasteiger charge is -2.04. The van der Waals surface area contributed by atoms with Crippen LogP contribution in [0.4, 0.5) is 5.69 Å². The first kappa shape index (κ1) is 8.56. The highest BCUT2D eigenvalue weighted by atomic mass is 16.5. The minimum atomic E-state index is 0.691. The highest BCUT2D eigenvalue weighted by molar-refractivity contribution is 5.44. The first-order valence-corrected chi connectivity index (χ1v) is 4.28. The van der Waals surface area contributed by atoms with Crippen LogP contribution >= 0.6 is 0 Å². The second-order valence-corrected chi connectivity index (χ2v) is 2.86. The molecule has 1 aromatic carbocycles. The zero-order valence-corrected chi connectivity index (χ0v) is 7.55. The largest absolute Gasteiger partial charge is 0.457 e. The summed E-state index contributed by atoms with van der Waals surface area (Å²) < 4.78 is 5.54. The van der Waals surface area contributed by atoms with E-state index in [4.69, 9.17) is 10.5 Å². The summed E-state index contributed by atoms with van der Waals surface area (Å²) in [4.78, 5) is 3.90. The van der Waals surface area contributed by atoms with Crippen LogP contribution in [0.1, 0.15) is 0 Å². The molecule has 0 atom stereocenters. The monoisotopic (exact) mass is 186 g/mol. The molecule has 0 saturated heterocycles. The highest BCUT2D eigenvalue weighted by Gasteiger charge is 1.95. The number of nitrogens with two attached hydrogens (primary N) is 1. The first-order chi connectivity index (χ1) is 6.84. The minimum Gasteiger partial charge on any atom is -0.457 e. The summed E-state index contributed by atoms with van der Waals surface area (Å²) in [5, 5.41) is 0. The van der Waals surface area contributed by atoms with Gasteiger partial charge in [-0.05, 0) is 24.3 Å². The van der Waals surface area contributed by atoms with Crippen LogP contribution in [0, 0.1) is 0 Å². The van der Waals surface area contributed by atoms with Gasteiger partial charge < -0.3 is 10.5 Å². The third kappa shape index (κ3) is 2.01. The molecule has 3 nitrogen and oxygen atoms in total. The van der Waals surface area contributed by atoms with Crippen molar-refractivity contribution in [1.29, 1.82) is 0 Å². The molecule has 2 rings (SSSR count). The number of nitrogen functional groups attached to an aromatic ring is 1. The van der Waals surface area contributed by atoms with E-state index in [-0.39, 0.29) is 0 Å². The molecule has 70 valence electrons. The van der Waals surface area contributed by atoms with Gasteiger partial charge in [-0.3, -0.25) is 4.98 Å². The van der Waals surface area contributed by atoms with Gasteiger partial charge in [0.25, 0.3) is 0 Å². The lowest BCUT2D eigenvalue weighted by Crippen LogP contribution is -1.87. The Hall–Kier alpha value is -2.03. The number of aromatic nitrogens is 1. The van der Waals surface area contributed by atoms with E-state index in [9.17, 15) is 0 Å². The van der Waals surface area contributed by atoms with Crippen molar-refractivity contribution in [2.45, 2.75) is 0 Å². The number of benzene rings is 1. The fourth-order valence-corrected chi connectivity index (χ4v) is 1.12. The zero-order valence-electron chi connectivity index (χ0n) is 7.55. The first-order valence-electron chi connectivity index (χ1n) is 4.28. The molecule has 0 unspecified atom stereocenters. The predicted octanol–water partition coefficient (Wildman–Crippen LogP) is 2.46. The van der Waals surface area contributed by atoms with Gasteiger partial charge in [-0.25, -0.2) is 0 Å². The third-order valence-corrected chi connectivity index (χ3v) is 1.74. The topological polar surface area (TPSA) is 48.1 Å². The normalized spacial score (nSPS) is 9.71. The molecular formula is C11H10N2O. The third-order valence-electron chi connectivity index (χ3n) is 1.74. The second-order valence-electron chi connectivity index (χ2n) is 2.86. The number of pyridine rings is 1. The molecule has 0 amide bonds. The van der Waals surface area contributed by atoms with Gasteiger partial charge in [0.1, 0.15) is 11.5 Å². The molecule has 0 radical (unpaired) electrons. The molecule has 3 heteroatoms. The summed E-state index contributed by atoms with van der Waals surface area (Å²) >= 11 is 0. The van der Waals surface area contributed by atoms with Gasteiger partial charge in [0.15, 0.2) is 0 Å². The van der Waals surface area contributed by atoms with Crippen LogP contribution in [0.2, 0.25) is 0 Å². The molecule has 0 aliphatic rings. The van der Waals surface area contributed by atoms with Gasteiger partial charge in [0, 0.05) is 24.1 Å². The Bertz CT molecular complexity index is 415. The molecule has 0 fully saturated rings.